The first-order valence-electron chi connectivity index (χ1n) is 6.97. The first-order valence-corrected chi connectivity index (χ1v) is 6.97. The van der Waals surface area contributed by atoms with Crippen molar-refractivity contribution in [2.75, 3.05) is 6.54 Å². The minimum Gasteiger partial charge on any atom is -0.313 e. The zero-order valence-electron chi connectivity index (χ0n) is 11.2. The van der Waals surface area contributed by atoms with E-state index in [1.54, 1.807) is 0 Å². The van der Waals surface area contributed by atoms with Gasteiger partial charge in [0.25, 0.3) is 0 Å². The summed E-state index contributed by atoms with van der Waals surface area (Å²) in [5, 5.41) is 7.94. The van der Waals surface area contributed by atoms with E-state index in [1.807, 2.05) is 17.9 Å². The third-order valence-corrected chi connectivity index (χ3v) is 4.07. The van der Waals surface area contributed by atoms with Gasteiger partial charge in [0.2, 0.25) is 0 Å². The molecule has 0 aromatic carbocycles. The zero-order chi connectivity index (χ0) is 12.1. The van der Waals surface area contributed by atoms with Crippen molar-refractivity contribution in [1.29, 1.82) is 0 Å². The molecule has 0 amide bonds. The summed E-state index contributed by atoms with van der Waals surface area (Å²) in [4.78, 5) is 0. The lowest BCUT2D eigenvalue weighted by molar-refractivity contribution is 0.358. The van der Waals surface area contributed by atoms with Crippen LogP contribution < -0.4 is 5.32 Å². The van der Waals surface area contributed by atoms with Gasteiger partial charge in [-0.3, -0.25) is 4.68 Å². The molecule has 2 unspecified atom stereocenters. The lowest BCUT2D eigenvalue weighted by Gasteiger charge is -2.22. The number of aryl methyl sites for hydroxylation is 1. The molecule has 0 aliphatic heterocycles. The predicted octanol–water partition coefficient (Wildman–Crippen LogP) is 2.52. The van der Waals surface area contributed by atoms with Crippen LogP contribution in [0.25, 0.3) is 0 Å². The van der Waals surface area contributed by atoms with Crippen LogP contribution in [-0.2, 0) is 13.5 Å². The van der Waals surface area contributed by atoms with Crippen LogP contribution in [0, 0.1) is 5.92 Å². The maximum Gasteiger partial charge on any atom is 0.0492 e. The molecule has 3 heteroatoms. The fraction of sp³-hybridized carbons (Fsp3) is 0.786. The molecule has 3 nitrogen and oxygen atoms in total. The van der Waals surface area contributed by atoms with Crippen LogP contribution in [0.5, 0.6) is 0 Å². The van der Waals surface area contributed by atoms with Crippen LogP contribution in [0.15, 0.2) is 12.3 Å². The number of hydrogen-bond acceptors (Lipinski definition) is 2. The van der Waals surface area contributed by atoms with E-state index in [-0.39, 0.29) is 0 Å². The molecule has 1 N–H and O–H groups in total. The second-order valence-electron chi connectivity index (χ2n) is 5.37. The largest absolute Gasteiger partial charge is 0.313 e. The van der Waals surface area contributed by atoms with Gasteiger partial charge < -0.3 is 5.32 Å². The van der Waals surface area contributed by atoms with Crippen molar-refractivity contribution in [2.24, 2.45) is 13.0 Å². The molecular weight excluding hydrogens is 210 g/mol. The Hall–Kier alpha value is -0.830. The van der Waals surface area contributed by atoms with E-state index < -0.39 is 0 Å². The summed E-state index contributed by atoms with van der Waals surface area (Å²) in [6, 6.07) is 2.84. The number of rotatable bonds is 4. The van der Waals surface area contributed by atoms with Gasteiger partial charge in [-0.05, 0) is 24.8 Å². The summed E-state index contributed by atoms with van der Waals surface area (Å²) < 4.78 is 1.97. The Morgan fingerprint density at radius 1 is 1.35 bits per heavy atom. The smallest absolute Gasteiger partial charge is 0.0492 e. The fourth-order valence-electron chi connectivity index (χ4n) is 2.83. The Morgan fingerprint density at radius 2 is 2.18 bits per heavy atom. The average molecular weight is 235 g/mol. The van der Waals surface area contributed by atoms with Crippen LogP contribution >= 0.6 is 0 Å². The molecule has 1 aliphatic carbocycles. The molecular formula is C14H25N3. The van der Waals surface area contributed by atoms with E-state index in [9.17, 15) is 0 Å². The van der Waals surface area contributed by atoms with Crippen molar-refractivity contribution in [1.82, 2.24) is 15.1 Å². The maximum atomic E-state index is 4.20. The van der Waals surface area contributed by atoms with Gasteiger partial charge in [0.15, 0.2) is 0 Å². The molecule has 1 saturated carbocycles. The van der Waals surface area contributed by atoms with Gasteiger partial charge in [0.05, 0.1) is 0 Å². The second-order valence-corrected chi connectivity index (χ2v) is 5.37. The summed E-state index contributed by atoms with van der Waals surface area (Å²) in [5.41, 5.74) is 1.32. The van der Waals surface area contributed by atoms with Crippen molar-refractivity contribution >= 4 is 0 Å². The topological polar surface area (TPSA) is 29.9 Å². The van der Waals surface area contributed by atoms with Crippen LogP contribution in [0.4, 0.5) is 0 Å². The summed E-state index contributed by atoms with van der Waals surface area (Å²) in [7, 11) is 2.02. The molecule has 0 radical (unpaired) electrons. The lowest BCUT2D eigenvalue weighted by atomic mass is 9.97. The van der Waals surface area contributed by atoms with E-state index >= 15 is 0 Å². The monoisotopic (exact) mass is 235 g/mol. The molecule has 0 bridgehead atoms. The molecule has 2 rings (SSSR count). The number of nitrogens with one attached hydrogen (secondary N) is 1. The van der Waals surface area contributed by atoms with Crippen LogP contribution in [-0.4, -0.2) is 22.4 Å². The second kappa shape index (κ2) is 6.20. The summed E-state index contributed by atoms with van der Waals surface area (Å²) in [6.45, 7) is 3.47. The molecule has 0 saturated heterocycles. The van der Waals surface area contributed by atoms with Gasteiger partial charge >= 0.3 is 0 Å². The van der Waals surface area contributed by atoms with Crippen molar-refractivity contribution < 1.29 is 0 Å². The normalized spacial score (nSPS) is 25.8. The minimum atomic E-state index is 0.728. The summed E-state index contributed by atoms with van der Waals surface area (Å²) in [6.07, 6.45) is 9.94. The Kier molecular flexibility index (Phi) is 4.60. The van der Waals surface area contributed by atoms with E-state index in [4.69, 9.17) is 0 Å². The van der Waals surface area contributed by atoms with Crippen molar-refractivity contribution in [3.8, 4) is 0 Å². The molecule has 2 atom stereocenters. The Labute approximate surface area is 105 Å². The van der Waals surface area contributed by atoms with E-state index in [1.165, 1.54) is 37.8 Å². The van der Waals surface area contributed by atoms with E-state index in [0.717, 1.165) is 24.9 Å². The van der Waals surface area contributed by atoms with Crippen molar-refractivity contribution in [3.63, 3.8) is 0 Å². The van der Waals surface area contributed by atoms with Gasteiger partial charge in [-0.2, -0.15) is 5.10 Å². The fourth-order valence-corrected chi connectivity index (χ4v) is 2.83. The first kappa shape index (κ1) is 12.6. The van der Waals surface area contributed by atoms with Gasteiger partial charge in [-0.1, -0.05) is 26.2 Å². The molecule has 17 heavy (non-hydrogen) atoms. The van der Waals surface area contributed by atoms with Crippen LogP contribution in [0.2, 0.25) is 0 Å². The predicted molar refractivity (Wildman–Crippen MR) is 71.0 cm³/mol. The quantitative estimate of drug-likeness (QED) is 0.813. The molecule has 0 spiro atoms. The number of hydrogen-bond donors (Lipinski definition) is 1. The molecule has 1 heterocycles. The third kappa shape index (κ3) is 3.56. The first-order chi connectivity index (χ1) is 8.27. The molecule has 1 aromatic heterocycles. The Balaban J connectivity index is 1.75. The third-order valence-electron chi connectivity index (χ3n) is 4.07. The summed E-state index contributed by atoms with van der Waals surface area (Å²) >= 11 is 0. The Morgan fingerprint density at radius 3 is 2.94 bits per heavy atom. The summed E-state index contributed by atoms with van der Waals surface area (Å²) in [5.74, 6) is 0.837. The lowest BCUT2D eigenvalue weighted by Crippen LogP contribution is -2.35. The molecule has 1 fully saturated rings. The number of nitrogens with zero attached hydrogens (tertiary/aromatic N) is 2. The minimum absolute atomic E-state index is 0.728. The van der Waals surface area contributed by atoms with Crippen LogP contribution in [0.3, 0.4) is 0 Å². The molecule has 96 valence electrons. The maximum absolute atomic E-state index is 4.20. The van der Waals surface area contributed by atoms with Gasteiger partial charge in [-0.25, -0.2) is 0 Å². The highest BCUT2D eigenvalue weighted by atomic mass is 15.3. The highest BCUT2D eigenvalue weighted by Crippen LogP contribution is 2.22. The van der Waals surface area contributed by atoms with Crippen molar-refractivity contribution in [3.05, 3.63) is 18.0 Å². The molecule has 1 aliphatic rings. The van der Waals surface area contributed by atoms with Gasteiger partial charge in [0, 0.05) is 37.9 Å². The number of aromatic nitrogens is 2. The highest BCUT2D eigenvalue weighted by Gasteiger charge is 2.18. The Bertz CT molecular complexity index is 332. The van der Waals surface area contributed by atoms with Crippen LogP contribution in [0.1, 0.15) is 44.7 Å². The van der Waals surface area contributed by atoms with Crippen molar-refractivity contribution in [2.45, 2.75) is 51.5 Å². The van der Waals surface area contributed by atoms with E-state index in [0.29, 0.717) is 0 Å². The van der Waals surface area contributed by atoms with Gasteiger partial charge in [0.1, 0.15) is 0 Å². The van der Waals surface area contributed by atoms with E-state index in [2.05, 4.69) is 23.4 Å². The zero-order valence-corrected chi connectivity index (χ0v) is 11.2. The standard InChI is InChI=1S/C14H25N3/c1-12-6-4-3-5-7-14(12)15-10-8-13-9-11-16-17(13)2/h9,11-12,14-15H,3-8,10H2,1-2H3. The molecule has 1 aromatic rings. The van der Waals surface area contributed by atoms with Gasteiger partial charge in [-0.15, -0.1) is 0 Å². The highest BCUT2D eigenvalue weighted by molar-refractivity contribution is 5.00. The average Bonchev–Trinajstić information content (AvgIpc) is 2.60. The SMILES string of the molecule is CC1CCCCCC1NCCc1ccnn1C.